The molecule has 20 heavy (non-hydrogen) atoms. The van der Waals surface area contributed by atoms with E-state index in [0.717, 1.165) is 27.7 Å². The predicted octanol–water partition coefficient (Wildman–Crippen LogP) is 3.98. The van der Waals surface area contributed by atoms with E-state index in [-0.39, 0.29) is 0 Å². The molecule has 0 radical (unpaired) electrons. The predicted molar refractivity (Wildman–Crippen MR) is 84.5 cm³/mol. The van der Waals surface area contributed by atoms with Crippen LogP contribution in [0.25, 0.3) is 22.2 Å². The highest BCUT2D eigenvalue weighted by molar-refractivity contribution is 5.86. The van der Waals surface area contributed by atoms with Crippen molar-refractivity contribution < 1.29 is 0 Å². The molecular weight excluding hydrogens is 244 g/mol. The van der Waals surface area contributed by atoms with Gasteiger partial charge in [0.05, 0.1) is 11.2 Å². The van der Waals surface area contributed by atoms with Gasteiger partial charge in [0.15, 0.2) is 0 Å². The third kappa shape index (κ3) is 2.08. The van der Waals surface area contributed by atoms with Crippen molar-refractivity contribution in [2.75, 3.05) is 0 Å². The molecule has 3 rings (SSSR count). The Morgan fingerprint density at radius 3 is 2.45 bits per heavy atom. The number of aryl methyl sites for hydroxylation is 2. The van der Waals surface area contributed by atoms with Gasteiger partial charge in [0.25, 0.3) is 0 Å². The fourth-order valence-electron chi connectivity index (χ4n) is 2.62. The third-order valence-electron chi connectivity index (χ3n) is 3.75. The van der Waals surface area contributed by atoms with Crippen LogP contribution < -0.4 is 5.73 Å². The second-order valence-corrected chi connectivity index (χ2v) is 5.16. The van der Waals surface area contributed by atoms with Gasteiger partial charge in [0.1, 0.15) is 0 Å². The maximum atomic E-state index is 5.93. The average molecular weight is 262 g/mol. The summed E-state index contributed by atoms with van der Waals surface area (Å²) >= 11 is 0. The van der Waals surface area contributed by atoms with Gasteiger partial charge >= 0.3 is 0 Å². The van der Waals surface area contributed by atoms with Gasteiger partial charge in [0, 0.05) is 17.5 Å². The molecule has 2 nitrogen and oxygen atoms in total. The van der Waals surface area contributed by atoms with E-state index in [1.54, 1.807) is 0 Å². The molecule has 0 saturated heterocycles. The van der Waals surface area contributed by atoms with E-state index >= 15 is 0 Å². The van der Waals surface area contributed by atoms with Gasteiger partial charge in [0.2, 0.25) is 0 Å². The van der Waals surface area contributed by atoms with Crippen molar-refractivity contribution in [3.63, 3.8) is 0 Å². The van der Waals surface area contributed by atoms with Crippen LogP contribution in [0.5, 0.6) is 0 Å². The Labute approximate surface area is 119 Å². The molecule has 1 aromatic heterocycles. The summed E-state index contributed by atoms with van der Waals surface area (Å²) in [5, 5.41) is 1.16. The van der Waals surface area contributed by atoms with E-state index in [1.165, 1.54) is 11.1 Å². The van der Waals surface area contributed by atoms with Crippen molar-refractivity contribution in [3.8, 4) is 11.3 Å². The van der Waals surface area contributed by atoms with Gasteiger partial charge in [-0.25, -0.2) is 4.98 Å². The van der Waals surface area contributed by atoms with E-state index in [0.29, 0.717) is 6.54 Å². The average Bonchev–Trinajstić information content (AvgIpc) is 2.47. The molecular formula is C18H18N2. The van der Waals surface area contributed by atoms with Crippen LogP contribution in [0.4, 0.5) is 0 Å². The molecule has 100 valence electrons. The minimum atomic E-state index is 0.501. The minimum Gasteiger partial charge on any atom is -0.326 e. The van der Waals surface area contributed by atoms with Gasteiger partial charge in [-0.05, 0) is 36.6 Å². The molecule has 0 spiro atoms. The summed E-state index contributed by atoms with van der Waals surface area (Å²) < 4.78 is 0. The van der Waals surface area contributed by atoms with Crippen LogP contribution >= 0.6 is 0 Å². The van der Waals surface area contributed by atoms with Crippen LogP contribution in [0.1, 0.15) is 16.7 Å². The third-order valence-corrected chi connectivity index (χ3v) is 3.75. The molecule has 0 bridgehead atoms. The Balaban J connectivity index is 2.34. The first-order valence-electron chi connectivity index (χ1n) is 6.86. The van der Waals surface area contributed by atoms with E-state index < -0.39 is 0 Å². The van der Waals surface area contributed by atoms with Crippen molar-refractivity contribution in [2.45, 2.75) is 20.4 Å². The fourth-order valence-corrected chi connectivity index (χ4v) is 2.62. The van der Waals surface area contributed by atoms with Crippen LogP contribution in [0.2, 0.25) is 0 Å². The number of fused-ring (bicyclic) bond motifs is 1. The first-order chi connectivity index (χ1) is 9.70. The molecule has 0 aliphatic carbocycles. The van der Waals surface area contributed by atoms with Crippen LogP contribution in [-0.2, 0) is 6.54 Å². The molecule has 0 amide bonds. The maximum Gasteiger partial charge on any atom is 0.0757 e. The second-order valence-electron chi connectivity index (χ2n) is 5.16. The normalized spacial score (nSPS) is 10.9. The summed E-state index contributed by atoms with van der Waals surface area (Å²) in [5.74, 6) is 0. The number of para-hydroxylation sites is 1. The van der Waals surface area contributed by atoms with Crippen molar-refractivity contribution in [3.05, 3.63) is 65.2 Å². The molecule has 0 atom stereocenters. The first-order valence-corrected chi connectivity index (χ1v) is 6.86. The molecule has 2 aromatic carbocycles. The lowest BCUT2D eigenvalue weighted by molar-refractivity contribution is 1.06. The van der Waals surface area contributed by atoms with Crippen molar-refractivity contribution in [1.29, 1.82) is 0 Å². The molecule has 1 heterocycles. The lowest BCUT2D eigenvalue weighted by atomic mass is 9.99. The van der Waals surface area contributed by atoms with Crippen molar-refractivity contribution >= 4 is 10.9 Å². The number of nitrogens with two attached hydrogens (primary N) is 1. The van der Waals surface area contributed by atoms with Gasteiger partial charge in [-0.1, -0.05) is 42.5 Å². The van der Waals surface area contributed by atoms with Crippen molar-refractivity contribution in [1.82, 2.24) is 4.98 Å². The van der Waals surface area contributed by atoms with Gasteiger partial charge in [-0.3, -0.25) is 0 Å². The summed E-state index contributed by atoms with van der Waals surface area (Å²) in [6, 6.07) is 16.7. The fraction of sp³-hybridized carbons (Fsp3) is 0.167. The zero-order valence-electron chi connectivity index (χ0n) is 11.9. The van der Waals surface area contributed by atoms with Crippen LogP contribution in [0.15, 0.2) is 48.5 Å². The largest absolute Gasteiger partial charge is 0.326 e. The zero-order valence-corrected chi connectivity index (χ0v) is 11.9. The number of aromatic nitrogens is 1. The Kier molecular flexibility index (Phi) is 3.25. The molecule has 0 unspecified atom stereocenters. The Hall–Kier alpha value is -2.19. The summed E-state index contributed by atoms with van der Waals surface area (Å²) in [7, 11) is 0. The number of hydrogen-bond donors (Lipinski definition) is 1. The Morgan fingerprint density at radius 1 is 0.950 bits per heavy atom. The highest BCUT2D eigenvalue weighted by atomic mass is 14.7. The SMILES string of the molecule is Cc1ccccc1-c1nc2c(C)cccc2cc1CN. The van der Waals surface area contributed by atoms with Gasteiger partial charge in [-0.2, -0.15) is 0 Å². The zero-order chi connectivity index (χ0) is 14.1. The quantitative estimate of drug-likeness (QED) is 0.758. The van der Waals surface area contributed by atoms with Crippen molar-refractivity contribution in [2.24, 2.45) is 5.73 Å². The molecule has 2 N–H and O–H groups in total. The monoisotopic (exact) mass is 262 g/mol. The molecule has 2 heteroatoms. The highest BCUT2D eigenvalue weighted by Gasteiger charge is 2.11. The Bertz CT molecular complexity index is 775. The number of rotatable bonds is 2. The number of pyridine rings is 1. The van der Waals surface area contributed by atoms with Crippen LogP contribution in [-0.4, -0.2) is 4.98 Å². The van der Waals surface area contributed by atoms with E-state index in [2.05, 4.69) is 50.2 Å². The molecule has 0 fully saturated rings. The minimum absolute atomic E-state index is 0.501. The number of hydrogen-bond acceptors (Lipinski definition) is 2. The molecule has 0 aliphatic heterocycles. The summed E-state index contributed by atoms with van der Waals surface area (Å²) in [4.78, 5) is 4.90. The van der Waals surface area contributed by atoms with E-state index in [9.17, 15) is 0 Å². The van der Waals surface area contributed by atoms with E-state index in [1.807, 2.05) is 12.1 Å². The van der Waals surface area contributed by atoms with Crippen LogP contribution in [0.3, 0.4) is 0 Å². The van der Waals surface area contributed by atoms with Gasteiger partial charge < -0.3 is 5.73 Å². The lowest BCUT2D eigenvalue weighted by Gasteiger charge is -2.12. The topological polar surface area (TPSA) is 38.9 Å². The maximum absolute atomic E-state index is 5.93. The molecule has 0 aliphatic rings. The standard InChI is InChI=1S/C18H18N2/c1-12-6-3-4-9-16(12)18-15(11-19)10-14-8-5-7-13(2)17(14)20-18/h3-10H,11,19H2,1-2H3. The summed E-state index contributed by atoms with van der Waals surface area (Å²) in [5.41, 5.74) is 12.7. The number of benzene rings is 2. The highest BCUT2D eigenvalue weighted by Crippen LogP contribution is 2.28. The molecule has 3 aromatic rings. The smallest absolute Gasteiger partial charge is 0.0757 e. The first kappa shape index (κ1) is 12.8. The van der Waals surface area contributed by atoms with Crippen LogP contribution in [0, 0.1) is 13.8 Å². The van der Waals surface area contributed by atoms with E-state index in [4.69, 9.17) is 10.7 Å². The molecule has 0 saturated carbocycles. The lowest BCUT2D eigenvalue weighted by Crippen LogP contribution is -2.02. The van der Waals surface area contributed by atoms with Gasteiger partial charge in [-0.15, -0.1) is 0 Å². The Morgan fingerprint density at radius 2 is 1.70 bits per heavy atom. The summed E-state index contributed by atoms with van der Waals surface area (Å²) in [6.07, 6.45) is 0. The summed E-state index contributed by atoms with van der Waals surface area (Å²) in [6.45, 7) is 4.71. The second kappa shape index (κ2) is 5.06. The number of nitrogens with zero attached hydrogens (tertiary/aromatic N) is 1.